The molecule has 0 saturated heterocycles. The number of hydrogen-bond acceptors (Lipinski definition) is 6. The summed E-state index contributed by atoms with van der Waals surface area (Å²) in [4.78, 5) is 20.4. The van der Waals surface area contributed by atoms with E-state index in [2.05, 4.69) is 22.2 Å². The Kier molecular flexibility index (Phi) is 4.62. The minimum Gasteiger partial charge on any atom is -0.476 e. The van der Waals surface area contributed by atoms with E-state index in [1.165, 1.54) is 4.88 Å². The molecule has 0 fully saturated rings. The molecule has 102 valence electrons. The van der Waals surface area contributed by atoms with Gasteiger partial charge in [0, 0.05) is 23.0 Å². The first-order chi connectivity index (χ1) is 9.10. The van der Waals surface area contributed by atoms with Gasteiger partial charge in [0.25, 0.3) is 0 Å². The molecule has 0 aliphatic carbocycles. The standard InChI is InChI=1S/C12H15N3O2S2/c1-3-9-5-14-10(19-9)7(2)13-4-8-6-18-11(15-8)12(16)17/h5-7,13H,3-4H2,1-2H3,(H,16,17). The SMILES string of the molecule is CCc1cnc(C(C)NCc2csc(C(=O)O)n2)s1. The minimum atomic E-state index is -0.975. The van der Waals surface area contributed by atoms with Crippen molar-refractivity contribution in [2.45, 2.75) is 32.9 Å². The van der Waals surface area contributed by atoms with Crippen LogP contribution in [0.15, 0.2) is 11.6 Å². The second-order valence-corrected chi connectivity index (χ2v) is 6.07. The fourth-order valence-electron chi connectivity index (χ4n) is 1.52. The van der Waals surface area contributed by atoms with E-state index in [1.807, 2.05) is 13.1 Å². The van der Waals surface area contributed by atoms with E-state index in [0.29, 0.717) is 6.54 Å². The van der Waals surface area contributed by atoms with Crippen LogP contribution in [0.5, 0.6) is 0 Å². The number of nitrogens with zero attached hydrogens (tertiary/aromatic N) is 2. The van der Waals surface area contributed by atoms with Crippen molar-refractivity contribution in [3.05, 3.63) is 32.2 Å². The van der Waals surface area contributed by atoms with Gasteiger partial charge in [-0.15, -0.1) is 22.7 Å². The molecule has 7 heteroatoms. The number of carboxylic acids is 1. The van der Waals surface area contributed by atoms with Crippen LogP contribution >= 0.6 is 22.7 Å². The van der Waals surface area contributed by atoms with Crippen LogP contribution in [-0.4, -0.2) is 21.0 Å². The normalized spacial score (nSPS) is 12.5. The summed E-state index contributed by atoms with van der Waals surface area (Å²) in [6, 6.07) is 0.139. The zero-order valence-electron chi connectivity index (χ0n) is 10.7. The molecular weight excluding hydrogens is 282 g/mol. The Balaban J connectivity index is 1.92. The maximum absolute atomic E-state index is 10.7. The molecule has 0 aliphatic heterocycles. The number of thiazole rings is 2. The third kappa shape index (κ3) is 3.59. The van der Waals surface area contributed by atoms with Crippen molar-refractivity contribution < 1.29 is 9.90 Å². The van der Waals surface area contributed by atoms with Crippen molar-refractivity contribution in [3.8, 4) is 0 Å². The maximum atomic E-state index is 10.7. The van der Waals surface area contributed by atoms with Crippen LogP contribution < -0.4 is 5.32 Å². The summed E-state index contributed by atoms with van der Waals surface area (Å²) < 4.78 is 0. The van der Waals surface area contributed by atoms with Crippen LogP contribution in [0.3, 0.4) is 0 Å². The predicted molar refractivity (Wildman–Crippen MR) is 75.8 cm³/mol. The van der Waals surface area contributed by atoms with E-state index in [4.69, 9.17) is 5.11 Å². The van der Waals surface area contributed by atoms with Gasteiger partial charge in [0.1, 0.15) is 5.01 Å². The van der Waals surface area contributed by atoms with Gasteiger partial charge in [0.15, 0.2) is 0 Å². The smallest absolute Gasteiger partial charge is 0.365 e. The van der Waals surface area contributed by atoms with E-state index in [-0.39, 0.29) is 11.0 Å². The van der Waals surface area contributed by atoms with Crippen LogP contribution in [0.2, 0.25) is 0 Å². The fraction of sp³-hybridized carbons (Fsp3) is 0.417. The molecule has 0 aromatic carbocycles. The molecule has 0 bridgehead atoms. The second kappa shape index (κ2) is 6.23. The lowest BCUT2D eigenvalue weighted by molar-refractivity contribution is 0.0696. The van der Waals surface area contributed by atoms with Crippen LogP contribution in [-0.2, 0) is 13.0 Å². The van der Waals surface area contributed by atoms with Crippen molar-refractivity contribution in [1.82, 2.24) is 15.3 Å². The molecule has 5 nitrogen and oxygen atoms in total. The summed E-state index contributed by atoms with van der Waals surface area (Å²) in [7, 11) is 0. The summed E-state index contributed by atoms with van der Waals surface area (Å²) in [5, 5.41) is 15.1. The van der Waals surface area contributed by atoms with Crippen molar-refractivity contribution in [3.63, 3.8) is 0 Å². The molecule has 0 saturated carbocycles. The van der Waals surface area contributed by atoms with Gasteiger partial charge in [-0.05, 0) is 13.3 Å². The monoisotopic (exact) mass is 297 g/mol. The molecule has 2 N–H and O–H groups in total. The molecule has 2 aromatic rings. The molecule has 19 heavy (non-hydrogen) atoms. The first kappa shape index (κ1) is 14.1. The summed E-state index contributed by atoms with van der Waals surface area (Å²) >= 11 is 2.85. The number of hydrogen-bond donors (Lipinski definition) is 2. The molecule has 1 unspecified atom stereocenters. The number of aryl methyl sites for hydroxylation is 1. The van der Waals surface area contributed by atoms with Gasteiger partial charge in [-0.25, -0.2) is 14.8 Å². The van der Waals surface area contributed by atoms with Crippen molar-refractivity contribution in [2.24, 2.45) is 0 Å². The molecule has 0 aliphatic rings. The van der Waals surface area contributed by atoms with E-state index in [9.17, 15) is 4.79 Å². The molecule has 0 radical (unpaired) electrons. The molecule has 2 heterocycles. The Morgan fingerprint density at radius 2 is 2.37 bits per heavy atom. The van der Waals surface area contributed by atoms with Gasteiger partial charge >= 0.3 is 5.97 Å². The van der Waals surface area contributed by atoms with E-state index < -0.39 is 5.97 Å². The summed E-state index contributed by atoms with van der Waals surface area (Å²) in [6.45, 7) is 4.70. The topological polar surface area (TPSA) is 75.1 Å². The first-order valence-corrected chi connectivity index (χ1v) is 7.65. The number of rotatable bonds is 6. The van der Waals surface area contributed by atoms with Crippen molar-refractivity contribution in [1.29, 1.82) is 0 Å². The lowest BCUT2D eigenvalue weighted by atomic mass is 10.3. The molecule has 0 amide bonds. The largest absolute Gasteiger partial charge is 0.476 e. The summed E-state index contributed by atoms with van der Waals surface area (Å²) in [6.07, 6.45) is 2.90. The van der Waals surface area contributed by atoms with Gasteiger partial charge in [-0.1, -0.05) is 6.92 Å². The Labute approximate surface area is 119 Å². The fourth-order valence-corrected chi connectivity index (χ4v) is 3.06. The third-order valence-electron chi connectivity index (χ3n) is 2.61. The third-order valence-corrected chi connectivity index (χ3v) is 4.82. The average molecular weight is 297 g/mol. The summed E-state index contributed by atoms with van der Waals surface area (Å²) in [5.74, 6) is -0.975. The average Bonchev–Trinajstić information content (AvgIpc) is 3.04. The zero-order valence-corrected chi connectivity index (χ0v) is 12.3. The number of nitrogens with one attached hydrogen (secondary N) is 1. The highest BCUT2D eigenvalue weighted by Gasteiger charge is 2.12. The number of aromatic nitrogens is 2. The molecule has 2 aromatic heterocycles. The highest BCUT2D eigenvalue weighted by Crippen LogP contribution is 2.20. The second-order valence-electron chi connectivity index (χ2n) is 4.07. The molecule has 0 spiro atoms. The lowest BCUT2D eigenvalue weighted by Gasteiger charge is -2.09. The Morgan fingerprint density at radius 1 is 1.58 bits per heavy atom. The van der Waals surface area contributed by atoms with E-state index >= 15 is 0 Å². The number of carboxylic acid groups (broad SMARTS) is 1. The number of aromatic carboxylic acids is 1. The Morgan fingerprint density at radius 3 is 2.95 bits per heavy atom. The predicted octanol–water partition coefficient (Wildman–Crippen LogP) is 2.71. The zero-order chi connectivity index (χ0) is 13.8. The highest BCUT2D eigenvalue weighted by molar-refractivity contribution is 7.11. The van der Waals surface area contributed by atoms with Crippen molar-refractivity contribution >= 4 is 28.6 Å². The Hall–Kier alpha value is -1.31. The van der Waals surface area contributed by atoms with Gasteiger partial charge < -0.3 is 10.4 Å². The van der Waals surface area contributed by atoms with Crippen LogP contribution in [0, 0.1) is 0 Å². The number of carbonyl (C=O) groups is 1. The van der Waals surface area contributed by atoms with E-state index in [1.54, 1.807) is 16.7 Å². The highest BCUT2D eigenvalue weighted by atomic mass is 32.1. The first-order valence-electron chi connectivity index (χ1n) is 5.95. The summed E-state index contributed by atoms with van der Waals surface area (Å²) in [5.41, 5.74) is 0.751. The van der Waals surface area contributed by atoms with Crippen LogP contribution in [0.25, 0.3) is 0 Å². The quantitative estimate of drug-likeness (QED) is 0.857. The van der Waals surface area contributed by atoms with Gasteiger partial charge in [0.2, 0.25) is 5.01 Å². The van der Waals surface area contributed by atoms with Crippen LogP contribution in [0.1, 0.15) is 45.3 Å². The van der Waals surface area contributed by atoms with Gasteiger partial charge in [-0.2, -0.15) is 0 Å². The lowest BCUT2D eigenvalue weighted by Crippen LogP contribution is -2.18. The van der Waals surface area contributed by atoms with Crippen LogP contribution in [0.4, 0.5) is 0 Å². The van der Waals surface area contributed by atoms with Gasteiger partial charge in [0.05, 0.1) is 11.7 Å². The molecule has 1 atom stereocenters. The van der Waals surface area contributed by atoms with Crippen molar-refractivity contribution in [2.75, 3.05) is 0 Å². The van der Waals surface area contributed by atoms with Gasteiger partial charge in [-0.3, -0.25) is 0 Å². The maximum Gasteiger partial charge on any atom is 0.365 e. The molecular formula is C12H15N3O2S2. The molecule has 2 rings (SSSR count). The minimum absolute atomic E-state index is 0.131. The Bertz CT molecular complexity index is 565. The van der Waals surface area contributed by atoms with E-state index in [0.717, 1.165) is 28.5 Å².